The zero-order chi connectivity index (χ0) is 32.5. The number of rotatable bonds is 14. The van der Waals surface area contributed by atoms with E-state index in [0.29, 0.717) is 24.1 Å². The molecule has 46 heavy (non-hydrogen) atoms. The van der Waals surface area contributed by atoms with Crippen molar-refractivity contribution in [3.63, 3.8) is 0 Å². The normalized spacial score (nSPS) is 15.4. The zero-order valence-electron chi connectivity index (χ0n) is 25.3. The number of hydrogen-bond donors (Lipinski definition) is 3. The lowest BCUT2D eigenvalue weighted by Gasteiger charge is -2.40. The van der Waals surface area contributed by atoms with E-state index in [0.717, 1.165) is 17.5 Å². The third-order valence-electron chi connectivity index (χ3n) is 7.91. The van der Waals surface area contributed by atoms with Gasteiger partial charge >= 0.3 is 0 Å². The van der Waals surface area contributed by atoms with E-state index in [1.807, 2.05) is 60.7 Å². The van der Waals surface area contributed by atoms with Crippen molar-refractivity contribution in [3.8, 4) is 0 Å². The number of nitrogens with zero attached hydrogens (tertiary/aromatic N) is 3. The Bertz CT molecular complexity index is 1680. The quantitative estimate of drug-likeness (QED) is 0.110. The number of carbonyl (C=O) groups is 4. The molecule has 1 fully saturated rings. The number of nitrogens with one attached hydrogen (secondary N) is 2. The molecule has 2 heterocycles. The highest BCUT2D eigenvalue weighted by Crippen LogP contribution is 2.19. The van der Waals surface area contributed by atoms with Gasteiger partial charge in [-0.15, -0.1) is 11.3 Å². The van der Waals surface area contributed by atoms with E-state index >= 15 is 0 Å². The van der Waals surface area contributed by atoms with Gasteiger partial charge in [-0.3, -0.25) is 24.6 Å². The molecule has 0 spiro atoms. The summed E-state index contributed by atoms with van der Waals surface area (Å²) in [6.07, 6.45) is 3.38. The molecule has 1 saturated heterocycles. The van der Waals surface area contributed by atoms with Gasteiger partial charge in [-0.1, -0.05) is 78.9 Å². The fraction of sp³-hybridized carbons (Fsp3) is 0.257. The number of thiazole rings is 1. The van der Waals surface area contributed by atoms with Gasteiger partial charge in [0.05, 0.1) is 12.6 Å². The molecule has 4 aromatic rings. The van der Waals surface area contributed by atoms with Crippen LogP contribution in [-0.4, -0.2) is 75.8 Å². The van der Waals surface area contributed by atoms with Crippen molar-refractivity contribution in [2.24, 2.45) is 5.73 Å². The Balaban J connectivity index is 1.32. The van der Waals surface area contributed by atoms with E-state index in [1.165, 1.54) is 22.4 Å². The summed E-state index contributed by atoms with van der Waals surface area (Å²) in [5, 5.41) is 12.5. The van der Waals surface area contributed by atoms with Crippen LogP contribution >= 0.6 is 11.3 Å². The summed E-state index contributed by atoms with van der Waals surface area (Å²) in [5.41, 5.74) is 8.88. The van der Waals surface area contributed by atoms with Crippen molar-refractivity contribution in [1.29, 1.82) is 5.41 Å². The van der Waals surface area contributed by atoms with Gasteiger partial charge in [0.1, 0.15) is 18.4 Å². The number of hydrogen-bond acceptors (Lipinski definition) is 7. The third-order valence-corrected chi connectivity index (χ3v) is 8.70. The summed E-state index contributed by atoms with van der Waals surface area (Å²) in [5.74, 6) is -1.58. The van der Waals surface area contributed by atoms with Crippen molar-refractivity contribution in [2.45, 2.75) is 37.8 Å². The zero-order valence-corrected chi connectivity index (χ0v) is 26.1. The molecule has 2 atom stereocenters. The SMILES string of the molecule is N=C(N)c1cccc(CC(NC(=O)CN2C(=O)CN(CCCc3ccccc3)C(=O)C2Cc2ccccc2)C(=O)c2nccs2)c1. The number of ketones is 1. The maximum absolute atomic E-state index is 13.8. The van der Waals surface area contributed by atoms with E-state index in [4.69, 9.17) is 11.1 Å². The first kappa shape index (κ1) is 32.2. The summed E-state index contributed by atoms with van der Waals surface area (Å²) >= 11 is 1.17. The summed E-state index contributed by atoms with van der Waals surface area (Å²) in [6.45, 7) is -0.0743. The van der Waals surface area contributed by atoms with Crippen LogP contribution < -0.4 is 11.1 Å². The van der Waals surface area contributed by atoms with Gasteiger partial charge < -0.3 is 20.9 Å². The molecule has 0 aliphatic carbocycles. The molecule has 0 saturated carbocycles. The lowest BCUT2D eigenvalue weighted by atomic mass is 9.99. The predicted octanol–water partition coefficient (Wildman–Crippen LogP) is 3.25. The van der Waals surface area contributed by atoms with Crippen LogP contribution in [0.2, 0.25) is 0 Å². The molecular formula is C35H36N6O4S. The van der Waals surface area contributed by atoms with Crippen LogP contribution in [0, 0.1) is 5.41 Å². The first-order valence-corrected chi connectivity index (χ1v) is 16.0. The van der Waals surface area contributed by atoms with E-state index in [1.54, 1.807) is 34.5 Å². The number of nitrogen functional groups attached to an aromatic ring is 1. The number of Topliss-reactive ketones (excluding diaryl/α,β-unsaturated/α-hetero) is 1. The Morgan fingerprint density at radius 3 is 2.35 bits per heavy atom. The van der Waals surface area contributed by atoms with Crippen molar-refractivity contribution in [1.82, 2.24) is 20.1 Å². The monoisotopic (exact) mass is 636 g/mol. The van der Waals surface area contributed by atoms with Crippen LogP contribution in [0.25, 0.3) is 0 Å². The van der Waals surface area contributed by atoms with Gasteiger partial charge in [-0.2, -0.15) is 0 Å². The Hall–Kier alpha value is -5.16. The minimum atomic E-state index is -0.987. The van der Waals surface area contributed by atoms with Gasteiger partial charge in [-0.25, -0.2) is 4.98 Å². The first-order valence-electron chi connectivity index (χ1n) is 15.1. The minimum Gasteiger partial charge on any atom is -0.384 e. The molecule has 1 aromatic heterocycles. The molecule has 236 valence electrons. The molecule has 0 bridgehead atoms. The maximum atomic E-state index is 13.8. The number of piperazine rings is 1. The fourth-order valence-corrected chi connectivity index (χ4v) is 6.22. The number of nitrogens with two attached hydrogens (primary N) is 1. The number of carbonyl (C=O) groups excluding carboxylic acids is 4. The molecular weight excluding hydrogens is 600 g/mol. The Morgan fingerprint density at radius 1 is 0.978 bits per heavy atom. The molecule has 10 nitrogen and oxygen atoms in total. The highest BCUT2D eigenvalue weighted by Gasteiger charge is 2.40. The second-order valence-corrected chi connectivity index (χ2v) is 12.1. The summed E-state index contributed by atoms with van der Waals surface area (Å²) in [4.78, 5) is 61.5. The topological polar surface area (TPSA) is 150 Å². The Morgan fingerprint density at radius 2 is 1.67 bits per heavy atom. The van der Waals surface area contributed by atoms with Crippen molar-refractivity contribution in [3.05, 3.63) is 124 Å². The average Bonchev–Trinajstić information content (AvgIpc) is 3.61. The number of amidine groups is 1. The molecule has 4 N–H and O–H groups in total. The average molecular weight is 637 g/mol. The summed E-state index contributed by atoms with van der Waals surface area (Å²) in [7, 11) is 0. The highest BCUT2D eigenvalue weighted by atomic mass is 32.1. The molecule has 11 heteroatoms. The van der Waals surface area contributed by atoms with E-state index in [9.17, 15) is 19.2 Å². The lowest BCUT2D eigenvalue weighted by molar-refractivity contribution is -0.157. The van der Waals surface area contributed by atoms with Crippen molar-refractivity contribution >= 4 is 40.7 Å². The smallest absolute Gasteiger partial charge is 0.246 e. The van der Waals surface area contributed by atoms with Gasteiger partial charge in [0, 0.05) is 36.5 Å². The summed E-state index contributed by atoms with van der Waals surface area (Å²) < 4.78 is 0. The molecule has 2 unspecified atom stereocenters. The molecule has 1 aliphatic heterocycles. The van der Waals surface area contributed by atoms with Crippen LogP contribution in [0.3, 0.4) is 0 Å². The lowest BCUT2D eigenvalue weighted by Crippen LogP contribution is -2.62. The van der Waals surface area contributed by atoms with E-state index in [-0.39, 0.29) is 54.4 Å². The van der Waals surface area contributed by atoms with Crippen molar-refractivity contribution < 1.29 is 19.2 Å². The number of benzene rings is 3. The van der Waals surface area contributed by atoms with Crippen LogP contribution in [0.5, 0.6) is 0 Å². The highest BCUT2D eigenvalue weighted by molar-refractivity contribution is 7.11. The van der Waals surface area contributed by atoms with E-state index < -0.39 is 18.0 Å². The van der Waals surface area contributed by atoms with Crippen molar-refractivity contribution in [2.75, 3.05) is 19.6 Å². The van der Waals surface area contributed by atoms with Gasteiger partial charge in [0.2, 0.25) is 23.5 Å². The largest absolute Gasteiger partial charge is 0.384 e. The predicted molar refractivity (Wildman–Crippen MR) is 177 cm³/mol. The van der Waals surface area contributed by atoms with Gasteiger partial charge in [0.25, 0.3) is 0 Å². The van der Waals surface area contributed by atoms with Crippen LogP contribution in [0.4, 0.5) is 0 Å². The van der Waals surface area contributed by atoms with Crippen LogP contribution in [-0.2, 0) is 33.6 Å². The number of aromatic nitrogens is 1. The Labute approximate surface area is 271 Å². The summed E-state index contributed by atoms with van der Waals surface area (Å²) in [6, 6.07) is 24.4. The molecule has 5 rings (SSSR count). The first-order chi connectivity index (χ1) is 22.3. The van der Waals surface area contributed by atoms with Gasteiger partial charge in [-0.05, 0) is 35.6 Å². The molecule has 3 aromatic carbocycles. The van der Waals surface area contributed by atoms with E-state index in [2.05, 4.69) is 10.3 Å². The van der Waals surface area contributed by atoms with Gasteiger partial charge in [0.15, 0.2) is 5.01 Å². The standard InChI is InChI=1S/C35H36N6O4S/c36-33(37)27-15-7-13-26(19-27)20-28(32(44)34-38-16-18-46-34)39-30(42)22-41-29(21-25-11-5-2-6-12-25)35(45)40(23-31(41)43)17-8-14-24-9-3-1-4-10-24/h1-7,9-13,15-16,18-19,28-29H,8,14,17,20-23H2,(H3,36,37)(H,39,42). The minimum absolute atomic E-state index is 0.111. The number of amides is 3. The van der Waals surface area contributed by atoms with Crippen LogP contribution in [0.15, 0.2) is 96.5 Å². The van der Waals surface area contributed by atoms with Crippen LogP contribution in [0.1, 0.15) is 38.5 Å². The molecule has 0 radical (unpaired) electrons. The Kier molecular flexibility index (Phi) is 10.7. The molecule has 1 aliphatic rings. The second-order valence-electron chi connectivity index (χ2n) is 11.2. The maximum Gasteiger partial charge on any atom is 0.246 e. The third kappa shape index (κ3) is 8.30. The molecule has 3 amide bonds. The number of aryl methyl sites for hydroxylation is 1. The second kappa shape index (κ2) is 15.2. The fourth-order valence-electron chi connectivity index (χ4n) is 5.59.